The summed E-state index contributed by atoms with van der Waals surface area (Å²) in [5.41, 5.74) is 1.59. The van der Waals surface area contributed by atoms with Gasteiger partial charge in [0.2, 0.25) is 5.91 Å². The van der Waals surface area contributed by atoms with Crippen molar-refractivity contribution in [2.45, 2.75) is 33.6 Å². The van der Waals surface area contributed by atoms with Crippen LogP contribution in [0.5, 0.6) is 5.75 Å². The zero-order valence-corrected chi connectivity index (χ0v) is 19.8. The maximum Gasteiger partial charge on any atom is 0.350 e. The number of carbonyl (C=O) groups is 2. The Balaban J connectivity index is 1.97. The molecule has 0 saturated heterocycles. The third kappa shape index (κ3) is 4.83. The minimum atomic E-state index is -0.861. The van der Waals surface area contributed by atoms with Gasteiger partial charge in [0.1, 0.15) is 10.6 Å². The fourth-order valence-electron chi connectivity index (χ4n) is 3.76. The van der Waals surface area contributed by atoms with Gasteiger partial charge in [-0.25, -0.2) is 9.78 Å². The van der Waals surface area contributed by atoms with Gasteiger partial charge in [-0.05, 0) is 25.5 Å². The average molecular weight is 453 g/mol. The van der Waals surface area contributed by atoms with Crippen LogP contribution in [0.2, 0.25) is 0 Å². The molecular formula is C25H28N2O4S. The van der Waals surface area contributed by atoms with Crippen molar-refractivity contribution in [1.29, 1.82) is 0 Å². The van der Waals surface area contributed by atoms with Crippen LogP contribution in [0.4, 0.5) is 5.13 Å². The number of thiazole rings is 1. The second kappa shape index (κ2) is 9.96. The molecular weight excluding hydrogens is 424 g/mol. The number of para-hydroxylation sites is 1. The molecule has 32 heavy (non-hydrogen) atoms. The van der Waals surface area contributed by atoms with E-state index in [0.717, 1.165) is 28.2 Å². The molecule has 1 amide bonds. The minimum Gasteiger partial charge on any atom is -0.496 e. The SMILES string of the molecule is CCOC(=O)c1sc(NC(=O)C(C)(C)C(c2ccccc2)c2ccccc2OC)nc1C. The van der Waals surface area contributed by atoms with Crippen LogP contribution in [0.3, 0.4) is 0 Å². The van der Waals surface area contributed by atoms with Crippen molar-refractivity contribution in [3.05, 3.63) is 76.3 Å². The van der Waals surface area contributed by atoms with Gasteiger partial charge < -0.3 is 14.8 Å². The number of amides is 1. The number of aromatic nitrogens is 1. The van der Waals surface area contributed by atoms with Gasteiger partial charge in [-0.1, -0.05) is 73.7 Å². The molecule has 0 spiro atoms. The van der Waals surface area contributed by atoms with Gasteiger partial charge in [0.15, 0.2) is 5.13 Å². The number of methoxy groups -OCH3 is 1. The van der Waals surface area contributed by atoms with Gasteiger partial charge in [0, 0.05) is 11.5 Å². The van der Waals surface area contributed by atoms with Crippen LogP contribution in [-0.4, -0.2) is 30.6 Å². The smallest absolute Gasteiger partial charge is 0.350 e. The number of anilines is 1. The van der Waals surface area contributed by atoms with Gasteiger partial charge >= 0.3 is 5.97 Å². The summed E-state index contributed by atoms with van der Waals surface area (Å²) in [4.78, 5) is 30.4. The second-order valence-corrected chi connectivity index (χ2v) is 8.91. The Morgan fingerprint density at radius 3 is 2.41 bits per heavy atom. The van der Waals surface area contributed by atoms with E-state index in [2.05, 4.69) is 10.3 Å². The van der Waals surface area contributed by atoms with Gasteiger partial charge in [-0.2, -0.15) is 0 Å². The van der Waals surface area contributed by atoms with Crippen LogP contribution in [-0.2, 0) is 9.53 Å². The zero-order chi connectivity index (χ0) is 23.3. The Morgan fingerprint density at radius 2 is 1.75 bits per heavy atom. The first-order valence-electron chi connectivity index (χ1n) is 10.4. The van der Waals surface area contributed by atoms with Crippen molar-refractivity contribution < 1.29 is 19.1 Å². The summed E-state index contributed by atoms with van der Waals surface area (Å²) in [7, 11) is 1.63. The number of nitrogens with zero attached hydrogens (tertiary/aromatic N) is 1. The summed E-state index contributed by atoms with van der Waals surface area (Å²) < 4.78 is 10.7. The standard InChI is InChI=1S/C25H28N2O4S/c1-6-31-22(28)21-16(2)26-24(32-21)27-23(29)25(3,4)20(17-12-8-7-9-13-17)18-14-10-11-15-19(18)30-5/h7-15,20H,6H2,1-5H3,(H,26,27,29). The van der Waals surface area contributed by atoms with Crippen LogP contribution in [0, 0.1) is 12.3 Å². The lowest BCUT2D eigenvalue weighted by Crippen LogP contribution is -2.37. The largest absolute Gasteiger partial charge is 0.496 e. The van der Waals surface area contributed by atoms with E-state index in [0.29, 0.717) is 15.7 Å². The van der Waals surface area contributed by atoms with E-state index < -0.39 is 11.4 Å². The maximum absolute atomic E-state index is 13.5. The van der Waals surface area contributed by atoms with E-state index in [1.165, 1.54) is 0 Å². The second-order valence-electron chi connectivity index (χ2n) is 7.92. The average Bonchev–Trinajstić information content (AvgIpc) is 3.15. The van der Waals surface area contributed by atoms with Crippen molar-refractivity contribution in [2.75, 3.05) is 19.0 Å². The lowest BCUT2D eigenvalue weighted by Gasteiger charge is -2.34. The molecule has 6 nitrogen and oxygen atoms in total. The first-order valence-corrected chi connectivity index (χ1v) is 11.2. The van der Waals surface area contributed by atoms with Crippen LogP contribution in [0.1, 0.15) is 53.2 Å². The molecule has 0 aliphatic carbocycles. The highest BCUT2D eigenvalue weighted by molar-refractivity contribution is 7.17. The molecule has 2 aromatic carbocycles. The first kappa shape index (κ1) is 23.5. The van der Waals surface area contributed by atoms with Gasteiger partial charge in [-0.15, -0.1) is 0 Å². The summed E-state index contributed by atoms with van der Waals surface area (Å²) in [6.07, 6.45) is 0. The first-order chi connectivity index (χ1) is 15.3. The van der Waals surface area contributed by atoms with E-state index in [9.17, 15) is 9.59 Å². The van der Waals surface area contributed by atoms with Crippen molar-refractivity contribution in [3.8, 4) is 5.75 Å². The number of hydrogen-bond donors (Lipinski definition) is 1. The van der Waals surface area contributed by atoms with Crippen molar-refractivity contribution in [2.24, 2.45) is 5.41 Å². The molecule has 1 aromatic heterocycles. The number of rotatable bonds is 8. The number of esters is 1. The molecule has 168 valence electrons. The molecule has 0 saturated carbocycles. The molecule has 1 heterocycles. The molecule has 1 N–H and O–H groups in total. The predicted molar refractivity (Wildman–Crippen MR) is 126 cm³/mol. The normalized spacial score (nSPS) is 12.2. The number of benzene rings is 2. The number of nitrogens with one attached hydrogen (secondary N) is 1. The predicted octanol–water partition coefficient (Wildman–Crippen LogP) is 5.43. The third-order valence-electron chi connectivity index (χ3n) is 5.37. The van der Waals surface area contributed by atoms with Crippen molar-refractivity contribution >= 4 is 28.3 Å². The summed E-state index contributed by atoms with van der Waals surface area (Å²) in [6.45, 7) is 7.56. The van der Waals surface area contributed by atoms with E-state index in [1.54, 1.807) is 21.0 Å². The number of hydrogen-bond acceptors (Lipinski definition) is 6. The molecule has 3 rings (SSSR count). The van der Waals surface area contributed by atoms with E-state index >= 15 is 0 Å². The van der Waals surface area contributed by atoms with E-state index in [4.69, 9.17) is 9.47 Å². The summed E-state index contributed by atoms with van der Waals surface area (Å²) in [5.74, 6) is -0.192. The third-order valence-corrected chi connectivity index (χ3v) is 6.42. The minimum absolute atomic E-state index is 0.207. The molecule has 7 heteroatoms. The lowest BCUT2D eigenvalue weighted by atomic mass is 9.70. The topological polar surface area (TPSA) is 77.5 Å². The molecule has 0 radical (unpaired) electrons. The number of carbonyl (C=O) groups excluding carboxylic acids is 2. The Kier molecular flexibility index (Phi) is 7.30. The Labute approximate surface area is 192 Å². The summed E-state index contributed by atoms with van der Waals surface area (Å²) in [6, 6.07) is 17.6. The molecule has 1 atom stereocenters. The fourth-order valence-corrected chi connectivity index (χ4v) is 4.62. The summed E-state index contributed by atoms with van der Waals surface area (Å²) in [5, 5.41) is 3.29. The van der Waals surface area contributed by atoms with Gasteiger partial charge in [0.05, 0.1) is 24.8 Å². The summed E-state index contributed by atoms with van der Waals surface area (Å²) >= 11 is 1.12. The van der Waals surface area contributed by atoms with Crippen LogP contribution in [0.15, 0.2) is 54.6 Å². The Bertz CT molecular complexity index is 1090. The Morgan fingerprint density at radius 1 is 1.09 bits per heavy atom. The zero-order valence-electron chi connectivity index (χ0n) is 19.0. The number of aryl methyl sites for hydroxylation is 1. The molecule has 0 bridgehead atoms. The van der Waals surface area contributed by atoms with Crippen molar-refractivity contribution in [3.63, 3.8) is 0 Å². The fraction of sp³-hybridized carbons (Fsp3) is 0.320. The van der Waals surface area contributed by atoms with Gasteiger partial charge in [-0.3, -0.25) is 4.79 Å². The van der Waals surface area contributed by atoms with Gasteiger partial charge in [0.25, 0.3) is 0 Å². The van der Waals surface area contributed by atoms with E-state index in [-0.39, 0.29) is 18.4 Å². The molecule has 0 fully saturated rings. The highest BCUT2D eigenvalue weighted by Gasteiger charge is 2.40. The van der Waals surface area contributed by atoms with Crippen LogP contribution < -0.4 is 10.1 Å². The maximum atomic E-state index is 13.5. The highest BCUT2D eigenvalue weighted by Crippen LogP contribution is 2.45. The molecule has 0 aliphatic rings. The van der Waals surface area contributed by atoms with Crippen LogP contribution in [0.25, 0.3) is 0 Å². The highest BCUT2D eigenvalue weighted by atomic mass is 32.1. The van der Waals surface area contributed by atoms with Crippen LogP contribution >= 0.6 is 11.3 Å². The quantitative estimate of drug-likeness (QED) is 0.461. The molecule has 3 aromatic rings. The molecule has 0 aliphatic heterocycles. The monoisotopic (exact) mass is 452 g/mol. The number of ether oxygens (including phenoxy) is 2. The Hall–Kier alpha value is -3.19. The molecule has 1 unspecified atom stereocenters. The van der Waals surface area contributed by atoms with E-state index in [1.807, 2.05) is 68.4 Å². The van der Waals surface area contributed by atoms with Crippen molar-refractivity contribution in [1.82, 2.24) is 4.98 Å². The lowest BCUT2D eigenvalue weighted by molar-refractivity contribution is -0.124.